The van der Waals surface area contributed by atoms with E-state index in [0.29, 0.717) is 76.3 Å². The number of nitrogens with zero attached hydrogens (tertiary/aromatic N) is 8. The highest BCUT2D eigenvalue weighted by Gasteiger charge is 2.22. The summed E-state index contributed by atoms with van der Waals surface area (Å²) in [5, 5.41) is 42.2. The van der Waals surface area contributed by atoms with E-state index in [0.717, 1.165) is 0 Å². The molecule has 0 bridgehead atoms. The number of fused-ring (bicyclic) bond motifs is 3. The lowest BCUT2D eigenvalue weighted by molar-refractivity contribution is 0.368. The van der Waals surface area contributed by atoms with E-state index in [4.69, 9.17) is 72.5 Å². The predicted molar refractivity (Wildman–Crippen MR) is 375 cm³/mol. The number of alkyl halides is 1. The molecule has 3 heterocycles. The Balaban J connectivity index is 0.000000169. The summed E-state index contributed by atoms with van der Waals surface area (Å²) in [6, 6.07) is 62.0. The molecule has 9 aromatic carbocycles. The molecule has 0 saturated carbocycles. The number of hydrogen-bond donors (Lipinski definition) is 8. The van der Waals surface area contributed by atoms with Gasteiger partial charge in [-0.1, -0.05) is 98.7 Å². The van der Waals surface area contributed by atoms with Crippen molar-refractivity contribution in [2.24, 2.45) is 0 Å². The average Bonchev–Trinajstić information content (AvgIpc) is 0.822. The third-order valence-electron chi connectivity index (χ3n) is 12.2. The number of nitrogens with two attached hydrogens (primary N) is 1. The third kappa shape index (κ3) is 20.6. The second kappa shape index (κ2) is 33.0. The smallest absolute Gasteiger partial charge is 0.263 e. The molecule has 0 aliphatic carbocycles. The van der Waals surface area contributed by atoms with E-state index in [1.54, 1.807) is 121 Å². The van der Waals surface area contributed by atoms with E-state index >= 15 is 0 Å². The van der Waals surface area contributed by atoms with E-state index in [1.807, 2.05) is 24.3 Å². The molecule has 95 heavy (non-hydrogen) atoms. The number of nitrogen functional groups attached to an aromatic ring is 1. The zero-order chi connectivity index (χ0) is 68.1. The molecule has 0 aliphatic heterocycles. The van der Waals surface area contributed by atoms with E-state index in [2.05, 4.69) is 70.6 Å². The molecule has 31 heteroatoms. The molecule has 0 unspecified atom stereocenters. The zero-order valence-corrected chi connectivity index (χ0v) is 55.8. The number of nitrogens with one attached hydrogen (secondary N) is 5. The molecule has 0 atom stereocenters. The topological polar surface area (TPSA) is 363 Å². The molecule has 9 N–H and O–H groups in total. The van der Waals surface area contributed by atoms with Gasteiger partial charge in [-0.2, -0.15) is 10.5 Å². The van der Waals surface area contributed by atoms with Crippen molar-refractivity contribution in [1.82, 2.24) is 29.9 Å². The first-order chi connectivity index (χ1) is 45.5. The Morgan fingerprint density at radius 2 is 0.705 bits per heavy atom. The quantitative estimate of drug-likeness (QED) is 0.0268. The number of nitriles is 2. The minimum atomic E-state index is -3.93. The van der Waals surface area contributed by atoms with Crippen LogP contribution >= 0.6 is 62.3 Å². The van der Waals surface area contributed by atoms with Crippen LogP contribution in [0.15, 0.2) is 233 Å². The molecule has 0 aliphatic rings. The molecular weight excluding hydrogens is 1430 g/mol. The largest absolute Gasteiger partial charge is 0.508 e. The minimum absolute atomic E-state index is 0.0174. The van der Waals surface area contributed by atoms with Gasteiger partial charge < -0.3 is 31.3 Å². The summed E-state index contributed by atoms with van der Waals surface area (Å²) in [5.41, 5.74) is 10.6. The fraction of sp³-hybridized carbons (Fsp3) is 0.0312. The first-order valence-corrected chi connectivity index (χ1v) is 34.3. The highest BCUT2D eigenvalue weighted by molar-refractivity contribution is 9.09. The van der Waals surface area contributed by atoms with E-state index in [9.17, 15) is 30.4 Å². The average molecular weight is 1480 g/mol. The lowest BCUT2D eigenvalue weighted by Crippen LogP contribution is -2.16. The summed E-state index contributed by atoms with van der Waals surface area (Å²) < 4.78 is 88.7. The summed E-state index contributed by atoms with van der Waals surface area (Å²) in [4.78, 5) is 26.4. The van der Waals surface area contributed by atoms with Gasteiger partial charge in [-0.3, -0.25) is 14.2 Å². The van der Waals surface area contributed by atoms with Gasteiger partial charge in [0.2, 0.25) is 0 Å². The summed E-state index contributed by atoms with van der Waals surface area (Å²) in [6.07, 6.45) is 0. The molecule has 23 nitrogen and oxygen atoms in total. The maximum absolute atomic E-state index is 12.9. The lowest BCUT2D eigenvalue weighted by atomic mass is 10.3. The number of sulfonamides is 3. The van der Waals surface area contributed by atoms with Gasteiger partial charge in [-0.15, -0.1) is 0 Å². The number of halogens is 5. The number of benzene rings is 9. The number of aromatic hydroxyl groups is 2. The van der Waals surface area contributed by atoms with Gasteiger partial charge in [0.1, 0.15) is 23.3 Å². The third-order valence-corrected chi connectivity index (χ3v) is 17.6. The number of phenols is 2. The van der Waals surface area contributed by atoms with Crippen LogP contribution in [0.1, 0.15) is 0 Å². The molecule has 0 radical (unpaired) electrons. The van der Waals surface area contributed by atoms with Crippen LogP contribution < -0.4 is 35.3 Å². The number of phenolic OH excluding ortho intramolecular Hbond substituents is 2. The van der Waals surface area contributed by atoms with Crippen molar-refractivity contribution in [3.63, 3.8) is 0 Å². The van der Waals surface area contributed by atoms with Crippen molar-refractivity contribution >= 4 is 172 Å². The number of hydrogen-bond acceptors (Lipinski definition) is 20. The SMILES string of the molecule is N#CCBr.N#CCOc1ccc(Nc2nc3ccccc3nc2NS(=O)(=O)c2ccc(Cl)cc2)cc1.Nc1ccc(O)cc1.O=S(=O)(Nc1nc2ccccc2nc1Cl)c1ccc(Cl)cc1.O=S(=O)(Nc1nc2ccccc2nc1Nc1ccc(O)cc1)c1ccc(Cl)cc1. The highest BCUT2D eigenvalue weighted by Crippen LogP contribution is 2.31. The van der Waals surface area contributed by atoms with Crippen molar-refractivity contribution in [2.75, 3.05) is 42.5 Å². The van der Waals surface area contributed by atoms with Gasteiger partial charge in [0.05, 0.1) is 59.2 Å². The maximum Gasteiger partial charge on any atom is 0.263 e. The van der Waals surface area contributed by atoms with Crippen LogP contribution in [0.25, 0.3) is 33.1 Å². The summed E-state index contributed by atoms with van der Waals surface area (Å²) in [5.74, 6) is 1.43. The Labute approximate surface area is 573 Å². The minimum Gasteiger partial charge on any atom is -0.508 e. The monoisotopic (exact) mass is 1470 g/mol. The van der Waals surface area contributed by atoms with Gasteiger partial charge in [-0.05, 0) is 182 Å². The predicted octanol–water partition coefficient (Wildman–Crippen LogP) is 14.9. The first kappa shape index (κ1) is 70.5. The molecule has 3 aromatic heterocycles. The first-order valence-electron chi connectivity index (χ1n) is 27.2. The molecule has 0 spiro atoms. The lowest BCUT2D eigenvalue weighted by Gasteiger charge is -2.14. The van der Waals surface area contributed by atoms with Gasteiger partial charge in [0.25, 0.3) is 30.1 Å². The van der Waals surface area contributed by atoms with Crippen LogP contribution in [0.2, 0.25) is 20.2 Å². The highest BCUT2D eigenvalue weighted by atomic mass is 79.9. The van der Waals surface area contributed by atoms with E-state index in [-0.39, 0.29) is 67.0 Å². The van der Waals surface area contributed by atoms with Crippen LogP contribution in [0, 0.1) is 22.7 Å². The van der Waals surface area contributed by atoms with Crippen LogP contribution in [0.3, 0.4) is 0 Å². The fourth-order valence-electron chi connectivity index (χ4n) is 7.80. The molecule has 12 aromatic rings. The normalized spacial score (nSPS) is 10.8. The molecule has 0 saturated heterocycles. The van der Waals surface area contributed by atoms with Crippen LogP contribution in [0.4, 0.5) is 46.2 Å². The second-order valence-corrected chi connectivity index (χ2v) is 26.3. The van der Waals surface area contributed by atoms with E-state index < -0.39 is 30.1 Å². The van der Waals surface area contributed by atoms with Gasteiger partial charge in [0, 0.05) is 32.1 Å². The molecule has 0 fully saturated rings. The van der Waals surface area contributed by atoms with Gasteiger partial charge in [0.15, 0.2) is 40.8 Å². The standard InChI is InChI=1S/C22H16ClN5O3S.C20H15ClN4O3S.C14H9Cl2N3O2S.C6H7NO.C2H2BrN/c23-15-5-11-18(12-6-15)32(29,30)28-22-21(26-19-3-1-2-4-20(19)27-22)25-16-7-9-17(10-8-16)31-14-13-24;21-13-5-11-16(12-6-13)29(27,28)25-20-19(22-14-7-9-15(26)10-8-14)23-17-3-1-2-4-18(17)24-20;15-9-5-7-10(8-6-9)22(20,21)19-14-13(16)17-11-3-1-2-4-12(11)18-14;7-5-1-3-6(8)4-2-5;3-1-2-4/h1-12H,14H2,(H,25,26)(H,27,28);1-12,26H,(H,22,23)(H,24,25);1-8H,(H,18,19);1-4,8H,7H2;1H2. The Bertz CT molecular complexity index is 5060. The fourth-order valence-corrected chi connectivity index (χ4v) is 11.4. The Morgan fingerprint density at radius 1 is 0.411 bits per heavy atom. The Kier molecular flexibility index (Phi) is 24.5. The Hall–Kier alpha value is -10.3. The van der Waals surface area contributed by atoms with Crippen LogP contribution in [-0.2, 0) is 30.1 Å². The van der Waals surface area contributed by atoms with Crippen molar-refractivity contribution in [3.05, 3.63) is 239 Å². The molecule has 0 amide bonds. The van der Waals surface area contributed by atoms with Crippen molar-refractivity contribution in [1.29, 1.82) is 10.5 Å². The number of rotatable bonds is 15. The van der Waals surface area contributed by atoms with Gasteiger partial charge >= 0.3 is 0 Å². The number of ether oxygens (including phenoxy) is 1. The molecular formula is C64H49BrCl4N14O9S3. The van der Waals surface area contributed by atoms with Crippen molar-refractivity contribution < 1.29 is 40.2 Å². The van der Waals surface area contributed by atoms with Crippen LogP contribution in [0.5, 0.6) is 17.2 Å². The second-order valence-electron chi connectivity index (χ2n) is 19.0. The number of aromatic nitrogens is 6. The summed E-state index contributed by atoms with van der Waals surface area (Å²) in [6.45, 7) is -0.0560. The van der Waals surface area contributed by atoms with E-state index in [1.165, 1.54) is 84.9 Å². The molecule has 12 rings (SSSR count). The Morgan fingerprint density at radius 3 is 1.03 bits per heavy atom. The summed E-state index contributed by atoms with van der Waals surface area (Å²) >= 11 is 26.4. The molecule has 482 valence electrons. The van der Waals surface area contributed by atoms with Crippen molar-refractivity contribution in [3.8, 4) is 29.4 Å². The zero-order valence-electron chi connectivity index (χ0n) is 48.7. The summed E-state index contributed by atoms with van der Waals surface area (Å²) in [7, 11) is -11.7. The van der Waals surface area contributed by atoms with Crippen molar-refractivity contribution in [2.45, 2.75) is 14.7 Å². The number of anilines is 8. The number of para-hydroxylation sites is 6. The van der Waals surface area contributed by atoms with Gasteiger partial charge in [-0.25, -0.2) is 55.2 Å². The maximum atomic E-state index is 12.9. The van der Waals surface area contributed by atoms with Crippen LogP contribution in [-0.4, -0.2) is 77.3 Å².